The Hall–Kier alpha value is -0.650. The fraction of sp³-hybridized carbons (Fsp3) is 0.462. The third kappa shape index (κ3) is 2.84. The molecule has 0 saturated carbocycles. The van der Waals surface area contributed by atoms with Crippen molar-refractivity contribution < 1.29 is 4.74 Å². The van der Waals surface area contributed by atoms with Crippen LogP contribution in [0.1, 0.15) is 18.4 Å². The summed E-state index contributed by atoms with van der Waals surface area (Å²) in [6.45, 7) is 1.65. The van der Waals surface area contributed by atoms with Gasteiger partial charge in [0.25, 0.3) is 0 Å². The molecular formula is C13H17BrN2OS. The molecule has 2 rings (SSSR count). The lowest BCUT2D eigenvalue weighted by Gasteiger charge is -2.34. The van der Waals surface area contributed by atoms with Gasteiger partial charge in [0, 0.05) is 42.0 Å². The first-order valence-electron chi connectivity index (χ1n) is 6.00. The number of ether oxygens (including phenoxy) is 1. The third-order valence-corrected chi connectivity index (χ3v) is 4.22. The molecule has 0 unspecified atom stereocenters. The molecule has 3 nitrogen and oxygen atoms in total. The summed E-state index contributed by atoms with van der Waals surface area (Å²) in [7, 11) is 2.10. The van der Waals surface area contributed by atoms with E-state index in [1.54, 1.807) is 0 Å². The van der Waals surface area contributed by atoms with Gasteiger partial charge in [-0.1, -0.05) is 18.3 Å². The number of hydrogen-bond donors (Lipinski definition) is 1. The summed E-state index contributed by atoms with van der Waals surface area (Å²) < 4.78 is 6.35. The molecule has 1 aliphatic heterocycles. The highest BCUT2D eigenvalue weighted by molar-refractivity contribution is 9.10. The van der Waals surface area contributed by atoms with Crippen LogP contribution in [0.25, 0.3) is 0 Å². The molecule has 1 fully saturated rings. The Kier molecular flexibility index (Phi) is 4.59. The molecule has 0 amide bonds. The van der Waals surface area contributed by atoms with Gasteiger partial charge >= 0.3 is 0 Å². The van der Waals surface area contributed by atoms with E-state index < -0.39 is 0 Å². The van der Waals surface area contributed by atoms with E-state index in [-0.39, 0.29) is 0 Å². The van der Waals surface area contributed by atoms with Crippen LogP contribution >= 0.6 is 28.1 Å². The first-order valence-corrected chi connectivity index (χ1v) is 7.20. The van der Waals surface area contributed by atoms with Crippen LogP contribution in [0.3, 0.4) is 0 Å². The maximum absolute atomic E-state index is 5.83. The van der Waals surface area contributed by atoms with Crippen molar-refractivity contribution in [2.75, 3.05) is 25.2 Å². The van der Waals surface area contributed by atoms with E-state index in [2.05, 4.69) is 33.9 Å². The van der Waals surface area contributed by atoms with Gasteiger partial charge in [0.15, 0.2) is 0 Å². The van der Waals surface area contributed by atoms with Gasteiger partial charge in [-0.2, -0.15) is 0 Å². The van der Waals surface area contributed by atoms with Crippen molar-refractivity contribution in [2.24, 2.45) is 5.73 Å². The quantitative estimate of drug-likeness (QED) is 0.866. The maximum atomic E-state index is 5.83. The Balaban J connectivity index is 2.31. The van der Waals surface area contributed by atoms with E-state index in [1.807, 2.05) is 12.1 Å². The van der Waals surface area contributed by atoms with Gasteiger partial charge in [-0.3, -0.25) is 0 Å². The lowest BCUT2D eigenvalue weighted by Crippen LogP contribution is -2.37. The van der Waals surface area contributed by atoms with Crippen LogP contribution in [0, 0.1) is 0 Å². The Labute approximate surface area is 121 Å². The number of hydrogen-bond acceptors (Lipinski definition) is 3. The average molecular weight is 329 g/mol. The molecule has 2 N–H and O–H groups in total. The van der Waals surface area contributed by atoms with Crippen LogP contribution in [0.5, 0.6) is 0 Å². The number of nitrogens with two attached hydrogens (primary N) is 1. The van der Waals surface area contributed by atoms with E-state index in [9.17, 15) is 0 Å². The molecule has 0 aromatic heterocycles. The Morgan fingerprint density at radius 2 is 2.11 bits per heavy atom. The molecular weight excluding hydrogens is 312 g/mol. The summed E-state index contributed by atoms with van der Waals surface area (Å²) in [6.07, 6.45) is 2.08. The van der Waals surface area contributed by atoms with Crippen molar-refractivity contribution in [2.45, 2.75) is 18.9 Å². The molecule has 1 aromatic carbocycles. The lowest BCUT2D eigenvalue weighted by molar-refractivity contribution is 0.0855. The zero-order valence-corrected chi connectivity index (χ0v) is 12.8. The maximum Gasteiger partial charge on any atom is 0.107 e. The van der Waals surface area contributed by atoms with Gasteiger partial charge in [0.2, 0.25) is 0 Å². The van der Waals surface area contributed by atoms with Crippen molar-refractivity contribution in [1.82, 2.24) is 0 Å². The fourth-order valence-corrected chi connectivity index (χ4v) is 3.23. The van der Waals surface area contributed by atoms with Gasteiger partial charge < -0.3 is 15.4 Å². The number of nitrogens with zero attached hydrogens (tertiary/aromatic N) is 1. The van der Waals surface area contributed by atoms with Gasteiger partial charge in [0.1, 0.15) is 4.99 Å². The fourth-order valence-electron chi connectivity index (χ4n) is 2.32. The second-order valence-corrected chi connectivity index (χ2v) is 5.75. The molecule has 5 heteroatoms. The largest absolute Gasteiger partial charge is 0.389 e. The summed E-state index contributed by atoms with van der Waals surface area (Å²) in [5.74, 6) is 0. The van der Waals surface area contributed by atoms with Gasteiger partial charge in [-0.25, -0.2) is 0 Å². The van der Waals surface area contributed by atoms with E-state index in [1.165, 1.54) is 0 Å². The average Bonchev–Trinajstić information content (AvgIpc) is 2.38. The molecule has 0 radical (unpaired) electrons. The molecule has 1 saturated heterocycles. The van der Waals surface area contributed by atoms with E-state index >= 15 is 0 Å². The second kappa shape index (κ2) is 5.99. The lowest BCUT2D eigenvalue weighted by atomic mass is 10.0. The van der Waals surface area contributed by atoms with Crippen LogP contribution in [0.2, 0.25) is 0 Å². The summed E-state index contributed by atoms with van der Waals surface area (Å²) in [5, 5.41) is 0. The van der Waals surface area contributed by atoms with Crippen molar-refractivity contribution in [3.05, 3.63) is 28.2 Å². The molecule has 0 bridgehead atoms. The molecule has 0 aliphatic carbocycles. The van der Waals surface area contributed by atoms with Crippen molar-refractivity contribution in [3.63, 3.8) is 0 Å². The first kappa shape index (κ1) is 13.8. The molecule has 1 aliphatic rings. The number of anilines is 1. The standard InChI is InChI=1S/C13H17BrN2OS/c1-16(9-5-7-17-8-6-9)11-4-2-3-10(14)12(11)13(15)18/h2-4,9H,5-8H2,1H3,(H2,15,18). The second-order valence-electron chi connectivity index (χ2n) is 4.45. The highest BCUT2D eigenvalue weighted by atomic mass is 79.9. The molecule has 98 valence electrons. The van der Waals surface area contributed by atoms with Crippen LogP contribution in [-0.2, 0) is 4.74 Å². The Bertz CT molecular complexity index is 447. The summed E-state index contributed by atoms with van der Waals surface area (Å²) in [4.78, 5) is 2.69. The molecule has 0 atom stereocenters. The third-order valence-electron chi connectivity index (χ3n) is 3.36. The van der Waals surface area contributed by atoms with E-state index in [0.717, 1.165) is 41.8 Å². The predicted molar refractivity (Wildman–Crippen MR) is 82.3 cm³/mol. The molecule has 1 heterocycles. The highest BCUT2D eigenvalue weighted by Gasteiger charge is 2.22. The van der Waals surface area contributed by atoms with Crippen LogP contribution in [0.4, 0.5) is 5.69 Å². The van der Waals surface area contributed by atoms with Gasteiger partial charge in [0.05, 0.1) is 0 Å². The van der Waals surface area contributed by atoms with Gasteiger partial charge in [-0.15, -0.1) is 0 Å². The molecule has 1 aromatic rings. The smallest absolute Gasteiger partial charge is 0.107 e. The first-order chi connectivity index (χ1) is 8.61. The normalized spacial score (nSPS) is 16.6. The summed E-state index contributed by atoms with van der Waals surface area (Å²) in [5.41, 5.74) is 7.84. The van der Waals surface area contributed by atoms with Crippen LogP contribution in [0.15, 0.2) is 22.7 Å². The van der Waals surface area contributed by atoms with Crippen LogP contribution < -0.4 is 10.6 Å². The predicted octanol–water partition coefficient (Wildman–Crippen LogP) is 2.70. The topological polar surface area (TPSA) is 38.5 Å². The molecule has 0 spiro atoms. The minimum atomic E-state index is 0.427. The van der Waals surface area contributed by atoms with Gasteiger partial charge in [-0.05, 0) is 40.9 Å². The van der Waals surface area contributed by atoms with Crippen molar-refractivity contribution in [3.8, 4) is 0 Å². The van der Waals surface area contributed by atoms with E-state index in [4.69, 9.17) is 22.7 Å². The zero-order chi connectivity index (χ0) is 13.1. The van der Waals surface area contributed by atoms with E-state index in [0.29, 0.717) is 11.0 Å². The SMILES string of the molecule is CN(c1cccc(Br)c1C(N)=S)C1CCOCC1. The monoisotopic (exact) mass is 328 g/mol. The number of benzene rings is 1. The number of rotatable bonds is 3. The minimum Gasteiger partial charge on any atom is -0.389 e. The minimum absolute atomic E-state index is 0.427. The van der Waals surface area contributed by atoms with Crippen LogP contribution in [-0.4, -0.2) is 31.3 Å². The highest BCUT2D eigenvalue weighted by Crippen LogP contribution is 2.30. The number of thiocarbonyl (C=S) groups is 1. The Morgan fingerprint density at radius 1 is 1.44 bits per heavy atom. The van der Waals surface area contributed by atoms with Crippen molar-refractivity contribution in [1.29, 1.82) is 0 Å². The Morgan fingerprint density at radius 3 is 2.72 bits per heavy atom. The molecule has 18 heavy (non-hydrogen) atoms. The number of halogens is 1. The summed E-state index contributed by atoms with van der Waals surface area (Å²) >= 11 is 8.68. The summed E-state index contributed by atoms with van der Waals surface area (Å²) in [6, 6.07) is 6.53. The van der Waals surface area contributed by atoms with Crippen molar-refractivity contribution >= 4 is 38.8 Å². The zero-order valence-electron chi connectivity index (χ0n) is 10.4.